The third-order valence-corrected chi connectivity index (χ3v) is 2.81. The quantitative estimate of drug-likeness (QED) is 0.769. The molecule has 1 N–H and O–H groups in total. The van der Waals surface area contributed by atoms with E-state index in [0.717, 1.165) is 28.7 Å². The Kier molecular flexibility index (Phi) is 3.12. The van der Waals surface area contributed by atoms with Crippen molar-refractivity contribution < 1.29 is 0 Å². The molecule has 0 atom stereocenters. The van der Waals surface area contributed by atoms with E-state index in [-0.39, 0.29) is 0 Å². The van der Waals surface area contributed by atoms with Gasteiger partial charge in [0.2, 0.25) is 0 Å². The summed E-state index contributed by atoms with van der Waals surface area (Å²) in [4.78, 5) is 17.3. The fourth-order valence-electron chi connectivity index (χ4n) is 1.90. The van der Waals surface area contributed by atoms with Gasteiger partial charge in [-0.1, -0.05) is 0 Å². The maximum absolute atomic E-state index is 4.38. The molecule has 0 aliphatic rings. The van der Waals surface area contributed by atoms with Crippen molar-refractivity contribution in [1.82, 2.24) is 25.3 Å². The van der Waals surface area contributed by atoms with E-state index >= 15 is 0 Å². The summed E-state index contributed by atoms with van der Waals surface area (Å²) in [5, 5.41) is 3.07. The van der Waals surface area contributed by atoms with E-state index in [1.165, 1.54) is 0 Å². The minimum atomic E-state index is 0.701. The van der Waals surface area contributed by atoms with Crippen LogP contribution in [0, 0.1) is 0 Å². The van der Waals surface area contributed by atoms with Gasteiger partial charge in [-0.2, -0.15) is 0 Å². The third kappa shape index (κ3) is 2.41. The Morgan fingerprint density at radius 3 is 2.42 bits per heavy atom. The molecule has 0 spiro atoms. The van der Waals surface area contributed by atoms with Crippen LogP contribution in [-0.4, -0.2) is 27.0 Å². The molecule has 5 nitrogen and oxygen atoms in total. The summed E-state index contributed by atoms with van der Waals surface area (Å²) in [7, 11) is 1.90. The lowest BCUT2D eigenvalue weighted by Gasteiger charge is -2.03. The van der Waals surface area contributed by atoms with Crippen molar-refractivity contribution in [3.05, 3.63) is 48.5 Å². The summed E-state index contributed by atoms with van der Waals surface area (Å²) in [5.74, 6) is 0.701. The molecule has 2 aromatic heterocycles. The first-order valence-electron chi connectivity index (χ1n) is 6.03. The van der Waals surface area contributed by atoms with Crippen molar-refractivity contribution in [2.75, 3.05) is 7.05 Å². The molecule has 0 fully saturated rings. The molecule has 3 rings (SSSR count). The lowest BCUT2D eigenvalue weighted by atomic mass is 10.2. The van der Waals surface area contributed by atoms with Crippen LogP contribution in [0.1, 0.15) is 5.56 Å². The molecule has 5 heteroatoms. The van der Waals surface area contributed by atoms with Crippen LogP contribution < -0.4 is 5.32 Å². The molecular weight excluding hydrogens is 238 g/mol. The second kappa shape index (κ2) is 5.07. The van der Waals surface area contributed by atoms with Crippen LogP contribution in [0.15, 0.2) is 43.0 Å². The lowest BCUT2D eigenvalue weighted by molar-refractivity contribution is 0.807. The predicted molar refractivity (Wildman–Crippen MR) is 73.3 cm³/mol. The van der Waals surface area contributed by atoms with Crippen LogP contribution >= 0.6 is 0 Å². The van der Waals surface area contributed by atoms with Gasteiger partial charge in [0, 0.05) is 42.5 Å². The fourth-order valence-corrected chi connectivity index (χ4v) is 1.90. The van der Waals surface area contributed by atoms with Gasteiger partial charge < -0.3 is 5.32 Å². The van der Waals surface area contributed by atoms with Gasteiger partial charge in [0.25, 0.3) is 0 Å². The van der Waals surface area contributed by atoms with E-state index in [2.05, 4.69) is 25.3 Å². The van der Waals surface area contributed by atoms with Crippen LogP contribution in [0.2, 0.25) is 0 Å². The monoisotopic (exact) mass is 251 g/mol. The van der Waals surface area contributed by atoms with E-state index in [0.29, 0.717) is 5.82 Å². The number of hydrogen-bond donors (Lipinski definition) is 1. The summed E-state index contributed by atoms with van der Waals surface area (Å²) in [5.41, 5.74) is 3.73. The number of hydrogen-bond acceptors (Lipinski definition) is 5. The van der Waals surface area contributed by atoms with Gasteiger partial charge in [-0.3, -0.25) is 9.97 Å². The van der Waals surface area contributed by atoms with Crippen molar-refractivity contribution in [2.45, 2.75) is 6.54 Å². The maximum atomic E-state index is 4.38. The number of aromatic nitrogens is 4. The Balaban J connectivity index is 1.99. The SMILES string of the molecule is CNCc1cnc(-c2ccc3nccnc3c2)nc1. The van der Waals surface area contributed by atoms with Gasteiger partial charge in [0.1, 0.15) is 0 Å². The average molecular weight is 251 g/mol. The third-order valence-electron chi connectivity index (χ3n) is 2.81. The lowest BCUT2D eigenvalue weighted by Crippen LogP contribution is -2.06. The normalized spacial score (nSPS) is 10.8. The Morgan fingerprint density at radius 2 is 1.68 bits per heavy atom. The second-order valence-electron chi connectivity index (χ2n) is 4.21. The van der Waals surface area contributed by atoms with Crippen molar-refractivity contribution >= 4 is 11.0 Å². The molecule has 0 amide bonds. The van der Waals surface area contributed by atoms with E-state index in [1.54, 1.807) is 12.4 Å². The summed E-state index contributed by atoms with van der Waals surface area (Å²) in [6.07, 6.45) is 7.04. The first kappa shape index (κ1) is 11.7. The highest BCUT2D eigenvalue weighted by atomic mass is 14.9. The highest BCUT2D eigenvalue weighted by molar-refractivity contribution is 5.79. The number of nitrogens with one attached hydrogen (secondary N) is 1. The molecular formula is C14H13N5. The Labute approximate surface area is 110 Å². The zero-order valence-corrected chi connectivity index (χ0v) is 10.5. The van der Waals surface area contributed by atoms with Crippen LogP contribution in [0.25, 0.3) is 22.4 Å². The smallest absolute Gasteiger partial charge is 0.159 e. The topological polar surface area (TPSA) is 63.6 Å². The largest absolute Gasteiger partial charge is 0.316 e. The number of nitrogens with zero attached hydrogens (tertiary/aromatic N) is 4. The van der Waals surface area contributed by atoms with E-state index in [4.69, 9.17) is 0 Å². The molecule has 0 bridgehead atoms. The standard InChI is InChI=1S/C14H13N5/c1-15-7-10-8-18-14(19-9-10)11-2-3-12-13(6-11)17-5-4-16-12/h2-6,8-9,15H,7H2,1H3. The highest BCUT2D eigenvalue weighted by Crippen LogP contribution is 2.18. The minimum absolute atomic E-state index is 0.701. The van der Waals surface area contributed by atoms with Crippen molar-refractivity contribution in [3.8, 4) is 11.4 Å². The molecule has 0 aliphatic carbocycles. The van der Waals surface area contributed by atoms with Gasteiger partial charge in [-0.05, 0) is 25.2 Å². The molecule has 0 unspecified atom stereocenters. The van der Waals surface area contributed by atoms with Gasteiger partial charge >= 0.3 is 0 Å². The van der Waals surface area contributed by atoms with E-state index < -0.39 is 0 Å². The van der Waals surface area contributed by atoms with Gasteiger partial charge in [0.15, 0.2) is 5.82 Å². The highest BCUT2D eigenvalue weighted by Gasteiger charge is 2.03. The maximum Gasteiger partial charge on any atom is 0.159 e. The van der Waals surface area contributed by atoms with Crippen LogP contribution in [-0.2, 0) is 6.54 Å². The number of rotatable bonds is 3. The first-order chi connectivity index (χ1) is 9.36. The van der Waals surface area contributed by atoms with E-state index in [1.807, 2.05) is 37.6 Å². The zero-order chi connectivity index (χ0) is 13.1. The van der Waals surface area contributed by atoms with Crippen LogP contribution in [0.4, 0.5) is 0 Å². The first-order valence-corrected chi connectivity index (χ1v) is 6.03. The molecule has 0 saturated heterocycles. The summed E-state index contributed by atoms with van der Waals surface area (Å²) in [6.45, 7) is 0.767. The van der Waals surface area contributed by atoms with Crippen molar-refractivity contribution in [3.63, 3.8) is 0 Å². The molecule has 0 saturated carbocycles. The molecule has 3 aromatic rings. The fraction of sp³-hybridized carbons (Fsp3) is 0.143. The Morgan fingerprint density at radius 1 is 0.947 bits per heavy atom. The molecule has 2 heterocycles. The minimum Gasteiger partial charge on any atom is -0.316 e. The summed E-state index contributed by atoms with van der Waals surface area (Å²) < 4.78 is 0. The van der Waals surface area contributed by atoms with Gasteiger partial charge in [-0.15, -0.1) is 0 Å². The van der Waals surface area contributed by atoms with Crippen LogP contribution in [0.5, 0.6) is 0 Å². The molecule has 0 aliphatic heterocycles. The zero-order valence-electron chi connectivity index (χ0n) is 10.5. The van der Waals surface area contributed by atoms with Crippen molar-refractivity contribution in [2.24, 2.45) is 0 Å². The molecule has 1 aromatic carbocycles. The predicted octanol–water partition coefficient (Wildman–Crippen LogP) is 1.81. The van der Waals surface area contributed by atoms with Gasteiger partial charge in [0.05, 0.1) is 11.0 Å². The Hall–Kier alpha value is -2.40. The summed E-state index contributed by atoms with van der Waals surface area (Å²) >= 11 is 0. The van der Waals surface area contributed by atoms with Crippen molar-refractivity contribution in [1.29, 1.82) is 0 Å². The summed E-state index contributed by atoms with van der Waals surface area (Å²) in [6, 6.07) is 5.85. The second-order valence-corrected chi connectivity index (χ2v) is 4.21. The Bertz CT molecular complexity index is 694. The van der Waals surface area contributed by atoms with E-state index in [9.17, 15) is 0 Å². The molecule has 0 radical (unpaired) electrons. The van der Waals surface area contributed by atoms with Crippen LogP contribution in [0.3, 0.4) is 0 Å². The molecule has 19 heavy (non-hydrogen) atoms. The average Bonchev–Trinajstić information content (AvgIpc) is 2.48. The van der Waals surface area contributed by atoms with Gasteiger partial charge in [-0.25, -0.2) is 9.97 Å². The molecule has 94 valence electrons. The number of fused-ring (bicyclic) bond motifs is 1. The number of benzene rings is 1.